The first-order valence-corrected chi connectivity index (χ1v) is 6.36. The second-order valence-electron chi connectivity index (χ2n) is 4.60. The van der Waals surface area contributed by atoms with E-state index >= 15 is 0 Å². The number of nitrogens with one attached hydrogen (secondary N) is 1. The third-order valence-corrected chi connectivity index (χ3v) is 3.29. The number of carboxylic acids is 1. The Bertz CT molecular complexity index is 215. The predicted octanol–water partition coefficient (Wildman–Crippen LogP) is 0.476. The number of aliphatic hydroxyl groups is 1. The van der Waals surface area contributed by atoms with E-state index in [1.54, 1.807) is 0 Å². The Hall–Kier alpha value is -0.650. The fourth-order valence-electron chi connectivity index (χ4n) is 2.23. The van der Waals surface area contributed by atoms with Crippen molar-refractivity contribution in [1.82, 2.24) is 5.32 Å². The normalized spacial score (nSPS) is 24.8. The van der Waals surface area contributed by atoms with E-state index in [4.69, 9.17) is 14.9 Å². The lowest BCUT2D eigenvalue weighted by atomic mass is 9.82. The van der Waals surface area contributed by atoms with Gasteiger partial charge in [0.15, 0.2) is 0 Å². The number of aliphatic hydroxyl groups excluding tert-OH is 1. The van der Waals surface area contributed by atoms with Crippen LogP contribution in [0.4, 0.5) is 0 Å². The minimum Gasteiger partial charge on any atom is -0.481 e. The fourth-order valence-corrected chi connectivity index (χ4v) is 2.23. The Morgan fingerprint density at radius 2 is 1.94 bits per heavy atom. The van der Waals surface area contributed by atoms with E-state index in [1.165, 1.54) is 0 Å². The molecular formula is C12H23NO4. The van der Waals surface area contributed by atoms with Gasteiger partial charge in [0.25, 0.3) is 0 Å². The van der Waals surface area contributed by atoms with Crippen molar-refractivity contribution in [2.75, 3.05) is 32.9 Å². The van der Waals surface area contributed by atoms with Crippen LogP contribution in [-0.4, -0.2) is 49.1 Å². The molecule has 1 saturated carbocycles. The van der Waals surface area contributed by atoms with Crippen molar-refractivity contribution in [2.45, 2.75) is 25.7 Å². The van der Waals surface area contributed by atoms with Crippen molar-refractivity contribution in [3.05, 3.63) is 0 Å². The third kappa shape index (κ3) is 6.00. The highest BCUT2D eigenvalue weighted by Gasteiger charge is 2.25. The van der Waals surface area contributed by atoms with Crippen LogP contribution in [0.1, 0.15) is 25.7 Å². The summed E-state index contributed by atoms with van der Waals surface area (Å²) in [6.07, 6.45) is 3.62. The van der Waals surface area contributed by atoms with Crippen molar-refractivity contribution in [3.8, 4) is 0 Å². The van der Waals surface area contributed by atoms with Crippen LogP contribution in [0.3, 0.4) is 0 Å². The van der Waals surface area contributed by atoms with Gasteiger partial charge in [0.05, 0.1) is 25.7 Å². The number of carbonyl (C=O) groups is 1. The van der Waals surface area contributed by atoms with E-state index in [0.717, 1.165) is 38.8 Å². The predicted molar refractivity (Wildman–Crippen MR) is 63.9 cm³/mol. The van der Waals surface area contributed by atoms with E-state index in [2.05, 4.69) is 5.32 Å². The van der Waals surface area contributed by atoms with Gasteiger partial charge in [-0.2, -0.15) is 0 Å². The summed E-state index contributed by atoms with van der Waals surface area (Å²) >= 11 is 0. The summed E-state index contributed by atoms with van der Waals surface area (Å²) in [5.74, 6) is -0.170. The van der Waals surface area contributed by atoms with Crippen LogP contribution >= 0.6 is 0 Å². The summed E-state index contributed by atoms with van der Waals surface area (Å²) in [5, 5.41) is 20.7. The Labute approximate surface area is 102 Å². The van der Waals surface area contributed by atoms with Crippen molar-refractivity contribution in [2.24, 2.45) is 11.8 Å². The first-order chi connectivity index (χ1) is 8.24. The van der Waals surface area contributed by atoms with Gasteiger partial charge >= 0.3 is 5.97 Å². The zero-order valence-corrected chi connectivity index (χ0v) is 10.2. The highest BCUT2D eigenvalue weighted by molar-refractivity contribution is 5.69. The smallest absolute Gasteiger partial charge is 0.306 e. The van der Waals surface area contributed by atoms with E-state index in [1.807, 2.05) is 0 Å². The number of hydrogen-bond donors (Lipinski definition) is 3. The molecule has 1 rings (SSSR count). The van der Waals surface area contributed by atoms with Gasteiger partial charge in [-0.15, -0.1) is 0 Å². The maximum atomic E-state index is 10.8. The molecule has 0 heterocycles. The Morgan fingerprint density at radius 3 is 2.53 bits per heavy atom. The molecule has 3 N–H and O–H groups in total. The zero-order valence-electron chi connectivity index (χ0n) is 10.2. The quantitative estimate of drug-likeness (QED) is 0.542. The van der Waals surface area contributed by atoms with E-state index < -0.39 is 5.97 Å². The Balaban J connectivity index is 1.97. The average molecular weight is 245 g/mol. The maximum Gasteiger partial charge on any atom is 0.306 e. The number of aliphatic carboxylic acids is 1. The SMILES string of the molecule is O=C(O)C1CCC(CNCCOCCO)CC1. The molecule has 17 heavy (non-hydrogen) atoms. The Morgan fingerprint density at radius 1 is 1.24 bits per heavy atom. The number of rotatable bonds is 8. The minimum absolute atomic E-state index is 0.0687. The molecule has 5 nitrogen and oxygen atoms in total. The molecule has 0 aliphatic heterocycles. The average Bonchev–Trinajstić information content (AvgIpc) is 2.34. The van der Waals surface area contributed by atoms with E-state index in [9.17, 15) is 4.79 Å². The molecule has 0 aromatic rings. The first kappa shape index (κ1) is 14.4. The van der Waals surface area contributed by atoms with Gasteiger partial charge in [-0.05, 0) is 38.1 Å². The van der Waals surface area contributed by atoms with Crippen LogP contribution in [0, 0.1) is 11.8 Å². The summed E-state index contributed by atoms with van der Waals surface area (Å²) < 4.78 is 5.13. The van der Waals surface area contributed by atoms with Gasteiger partial charge in [-0.25, -0.2) is 0 Å². The summed E-state index contributed by atoms with van der Waals surface area (Å²) in [6.45, 7) is 2.81. The molecule has 0 amide bonds. The van der Waals surface area contributed by atoms with Crippen molar-refractivity contribution in [3.63, 3.8) is 0 Å². The summed E-state index contributed by atoms with van der Waals surface area (Å²) in [5.41, 5.74) is 0. The summed E-state index contributed by atoms with van der Waals surface area (Å²) in [7, 11) is 0. The van der Waals surface area contributed by atoms with Crippen LogP contribution in [-0.2, 0) is 9.53 Å². The molecule has 5 heteroatoms. The first-order valence-electron chi connectivity index (χ1n) is 6.36. The van der Waals surface area contributed by atoms with Crippen molar-refractivity contribution >= 4 is 5.97 Å². The van der Waals surface area contributed by atoms with Gasteiger partial charge in [-0.3, -0.25) is 4.79 Å². The monoisotopic (exact) mass is 245 g/mol. The van der Waals surface area contributed by atoms with Gasteiger partial charge < -0.3 is 20.3 Å². The number of ether oxygens (including phenoxy) is 1. The Kier molecular flexibility index (Phi) is 7.16. The minimum atomic E-state index is -0.645. The molecule has 1 aliphatic rings. The lowest BCUT2D eigenvalue weighted by Crippen LogP contribution is -2.30. The second kappa shape index (κ2) is 8.44. The van der Waals surface area contributed by atoms with Crippen LogP contribution in [0.2, 0.25) is 0 Å². The molecule has 0 radical (unpaired) electrons. The van der Waals surface area contributed by atoms with Crippen molar-refractivity contribution in [1.29, 1.82) is 0 Å². The van der Waals surface area contributed by atoms with Crippen LogP contribution in [0.25, 0.3) is 0 Å². The van der Waals surface area contributed by atoms with Gasteiger partial charge in [0.2, 0.25) is 0 Å². The van der Waals surface area contributed by atoms with Gasteiger partial charge in [0, 0.05) is 6.54 Å². The van der Waals surface area contributed by atoms with Gasteiger partial charge in [-0.1, -0.05) is 0 Å². The lowest BCUT2D eigenvalue weighted by molar-refractivity contribution is -0.143. The maximum absolute atomic E-state index is 10.8. The molecular weight excluding hydrogens is 222 g/mol. The molecule has 0 bridgehead atoms. The molecule has 0 spiro atoms. The summed E-state index contributed by atoms with van der Waals surface area (Å²) in [4.78, 5) is 10.8. The topological polar surface area (TPSA) is 78.8 Å². The largest absolute Gasteiger partial charge is 0.481 e. The molecule has 0 aromatic carbocycles. The van der Waals surface area contributed by atoms with E-state index in [0.29, 0.717) is 19.1 Å². The highest BCUT2D eigenvalue weighted by Crippen LogP contribution is 2.28. The molecule has 0 unspecified atom stereocenters. The summed E-state index contributed by atoms with van der Waals surface area (Å²) in [6, 6.07) is 0. The second-order valence-corrected chi connectivity index (χ2v) is 4.60. The number of hydrogen-bond acceptors (Lipinski definition) is 4. The molecule has 0 saturated heterocycles. The molecule has 100 valence electrons. The molecule has 0 atom stereocenters. The lowest BCUT2D eigenvalue weighted by Gasteiger charge is -2.26. The third-order valence-electron chi connectivity index (χ3n) is 3.29. The fraction of sp³-hybridized carbons (Fsp3) is 0.917. The molecule has 1 fully saturated rings. The number of carboxylic acid groups (broad SMARTS) is 1. The molecule has 1 aliphatic carbocycles. The van der Waals surface area contributed by atoms with Crippen LogP contribution in [0.15, 0.2) is 0 Å². The molecule has 0 aromatic heterocycles. The standard InChI is InChI=1S/C12H23NO4/c14-6-8-17-7-5-13-9-10-1-3-11(4-2-10)12(15)16/h10-11,13-14H,1-9H2,(H,15,16). The van der Waals surface area contributed by atoms with Crippen LogP contribution < -0.4 is 5.32 Å². The zero-order chi connectivity index (χ0) is 12.5. The highest BCUT2D eigenvalue weighted by atomic mass is 16.5. The van der Waals surface area contributed by atoms with Crippen LogP contribution in [0.5, 0.6) is 0 Å². The van der Waals surface area contributed by atoms with Gasteiger partial charge in [0.1, 0.15) is 0 Å². The van der Waals surface area contributed by atoms with Crippen molar-refractivity contribution < 1.29 is 19.7 Å². The van der Waals surface area contributed by atoms with E-state index in [-0.39, 0.29) is 12.5 Å².